The number of Topliss-reactive ketones (excluding diaryl/α,β-unsaturated/α-hetero) is 1. The number of carbonyl (C=O) groups excluding carboxylic acids is 1. The van der Waals surface area contributed by atoms with Crippen LogP contribution in [-0.4, -0.2) is 23.1 Å². The molecule has 3 aliphatic rings. The number of halogens is 1. The van der Waals surface area contributed by atoms with Gasteiger partial charge in [-0.25, -0.2) is 0 Å². The summed E-state index contributed by atoms with van der Waals surface area (Å²) in [5, 5.41) is 10.7. The van der Waals surface area contributed by atoms with Gasteiger partial charge < -0.3 is 9.84 Å². The Hall–Kier alpha value is -1.13. The molecule has 1 N–H and O–H groups in total. The summed E-state index contributed by atoms with van der Waals surface area (Å²) in [4.78, 5) is 12.8. The maximum atomic E-state index is 12.8. The summed E-state index contributed by atoms with van der Waals surface area (Å²) >= 11 is 3.47. The van der Waals surface area contributed by atoms with Gasteiger partial charge in [0.05, 0.1) is 29.6 Å². The molecule has 0 radical (unpaired) electrons. The highest BCUT2D eigenvalue weighted by atomic mass is 79.9. The monoisotopic (exact) mass is 348 g/mol. The maximum absolute atomic E-state index is 12.8. The number of allylic oxidation sites excluding steroid dienone is 1. The lowest BCUT2D eigenvalue weighted by Gasteiger charge is -2.19. The Morgan fingerprint density at radius 3 is 2.67 bits per heavy atom. The molecule has 2 fully saturated rings. The van der Waals surface area contributed by atoms with Crippen molar-refractivity contribution >= 4 is 27.3 Å². The highest BCUT2D eigenvalue weighted by Crippen LogP contribution is 2.53. The molecule has 2 unspecified atom stereocenters. The molecule has 21 heavy (non-hydrogen) atoms. The van der Waals surface area contributed by atoms with Crippen molar-refractivity contribution in [2.24, 2.45) is 11.8 Å². The van der Waals surface area contributed by atoms with Crippen LogP contribution in [0, 0.1) is 11.8 Å². The highest BCUT2D eigenvalue weighted by molar-refractivity contribution is 9.10. The molecule has 4 heteroatoms. The number of rotatable bonds is 2. The van der Waals surface area contributed by atoms with E-state index in [2.05, 4.69) is 22.9 Å². The van der Waals surface area contributed by atoms with Crippen molar-refractivity contribution in [3.8, 4) is 0 Å². The molecule has 1 aromatic rings. The van der Waals surface area contributed by atoms with E-state index >= 15 is 0 Å². The molecule has 3 nitrogen and oxygen atoms in total. The summed E-state index contributed by atoms with van der Waals surface area (Å²) in [6, 6.07) is 5.90. The summed E-state index contributed by atoms with van der Waals surface area (Å²) in [7, 11) is 0. The van der Waals surface area contributed by atoms with E-state index < -0.39 is 0 Å². The zero-order chi connectivity index (χ0) is 14.7. The third-order valence-corrected chi connectivity index (χ3v) is 5.61. The molecular weight excluding hydrogens is 332 g/mol. The second-order valence-corrected chi connectivity index (χ2v) is 7.04. The summed E-state index contributed by atoms with van der Waals surface area (Å²) < 4.78 is 6.81. The standard InChI is InChI=1S/C17H17BrO3/c1-2-8-7-9(18)3-4-10(8)13-16(19)14-11-5-6-12(21-11)15(14)17(13)20/h3-4,7,11-12,14-15,19H,2,5-6H2,1H3/t11?,12?,14-,15+/m0/s1. The largest absolute Gasteiger partial charge is 0.511 e. The average molecular weight is 349 g/mol. The first-order valence-electron chi connectivity index (χ1n) is 7.53. The zero-order valence-corrected chi connectivity index (χ0v) is 13.4. The van der Waals surface area contributed by atoms with E-state index in [4.69, 9.17) is 4.74 Å². The molecule has 0 spiro atoms. The minimum atomic E-state index is -0.160. The second kappa shape index (κ2) is 4.68. The summed E-state index contributed by atoms with van der Waals surface area (Å²) in [5.41, 5.74) is 2.51. The third-order valence-electron chi connectivity index (χ3n) is 5.11. The lowest BCUT2D eigenvalue weighted by atomic mass is 9.80. The van der Waals surface area contributed by atoms with Crippen LogP contribution in [-0.2, 0) is 16.0 Å². The fourth-order valence-electron chi connectivity index (χ4n) is 4.19. The van der Waals surface area contributed by atoms with Gasteiger partial charge in [-0.05, 0) is 42.5 Å². The molecule has 0 aromatic heterocycles. The Kier molecular flexibility index (Phi) is 3.02. The summed E-state index contributed by atoms with van der Waals surface area (Å²) in [6.07, 6.45) is 2.77. The van der Waals surface area contributed by atoms with E-state index in [9.17, 15) is 9.90 Å². The number of aliphatic hydroxyl groups is 1. The number of aryl methyl sites for hydroxylation is 1. The smallest absolute Gasteiger partial charge is 0.173 e. The first-order valence-corrected chi connectivity index (χ1v) is 8.32. The van der Waals surface area contributed by atoms with Crippen LogP contribution in [0.4, 0.5) is 0 Å². The minimum Gasteiger partial charge on any atom is -0.511 e. The first kappa shape index (κ1) is 13.5. The van der Waals surface area contributed by atoms with Crippen LogP contribution >= 0.6 is 15.9 Å². The number of fused-ring (bicyclic) bond motifs is 5. The van der Waals surface area contributed by atoms with Gasteiger partial charge >= 0.3 is 0 Å². The number of ketones is 1. The van der Waals surface area contributed by atoms with Crippen molar-refractivity contribution in [1.29, 1.82) is 0 Å². The molecule has 1 aromatic carbocycles. The van der Waals surface area contributed by atoms with E-state index in [0.717, 1.165) is 34.9 Å². The van der Waals surface area contributed by atoms with Gasteiger partial charge in [-0.2, -0.15) is 0 Å². The van der Waals surface area contributed by atoms with Gasteiger partial charge in [0.15, 0.2) is 5.78 Å². The van der Waals surface area contributed by atoms with Crippen LogP contribution in [0.3, 0.4) is 0 Å². The van der Waals surface area contributed by atoms with E-state index in [1.807, 2.05) is 18.2 Å². The van der Waals surface area contributed by atoms with Crippen LogP contribution < -0.4 is 0 Å². The Balaban J connectivity index is 1.84. The van der Waals surface area contributed by atoms with Crippen molar-refractivity contribution in [2.45, 2.75) is 38.4 Å². The number of benzene rings is 1. The fourth-order valence-corrected chi connectivity index (χ4v) is 4.60. The molecule has 2 aliphatic heterocycles. The van der Waals surface area contributed by atoms with E-state index in [0.29, 0.717) is 5.57 Å². The van der Waals surface area contributed by atoms with Crippen LogP contribution in [0.2, 0.25) is 0 Å². The van der Waals surface area contributed by atoms with Crippen LogP contribution in [0.5, 0.6) is 0 Å². The molecule has 2 bridgehead atoms. The number of carbonyl (C=O) groups is 1. The second-order valence-electron chi connectivity index (χ2n) is 6.12. The van der Waals surface area contributed by atoms with Gasteiger partial charge in [-0.3, -0.25) is 4.79 Å². The Morgan fingerprint density at radius 2 is 2.00 bits per heavy atom. The summed E-state index contributed by atoms with van der Waals surface area (Å²) in [6.45, 7) is 2.07. The fraction of sp³-hybridized carbons (Fsp3) is 0.471. The van der Waals surface area contributed by atoms with Crippen molar-refractivity contribution in [3.63, 3.8) is 0 Å². The molecule has 0 amide bonds. The third kappa shape index (κ3) is 1.78. The molecule has 2 heterocycles. The number of ether oxygens (including phenoxy) is 1. The van der Waals surface area contributed by atoms with E-state index in [1.165, 1.54) is 0 Å². The zero-order valence-electron chi connectivity index (χ0n) is 11.8. The predicted octanol–water partition coefficient (Wildman–Crippen LogP) is 3.66. The van der Waals surface area contributed by atoms with Gasteiger partial charge in [0.25, 0.3) is 0 Å². The maximum Gasteiger partial charge on any atom is 0.173 e. The lowest BCUT2D eigenvalue weighted by Crippen LogP contribution is -2.29. The number of aliphatic hydroxyl groups excluding tert-OH is 1. The average Bonchev–Trinajstić information content (AvgIpc) is 3.14. The molecule has 1 aliphatic carbocycles. The number of hydrogen-bond donors (Lipinski definition) is 1. The van der Waals surface area contributed by atoms with Crippen LogP contribution in [0.1, 0.15) is 30.9 Å². The van der Waals surface area contributed by atoms with Crippen molar-refractivity contribution in [2.75, 3.05) is 0 Å². The van der Waals surface area contributed by atoms with Gasteiger partial charge in [0.2, 0.25) is 0 Å². The molecular formula is C17H17BrO3. The molecule has 4 rings (SSSR count). The van der Waals surface area contributed by atoms with Crippen molar-refractivity contribution < 1.29 is 14.6 Å². The highest BCUT2D eigenvalue weighted by Gasteiger charge is 2.59. The van der Waals surface area contributed by atoms with Crippen molar-refractivity contribution in [3.05, 3.63) is 39.6 Å². The Bertz CT molecular complexity index is 664. The minimum absolute atomic E-state index is 0.00711. The summed E-state index contributed by atoms with van der Waals surface area (Å²) in [5.74, 6) is 0.0580. The van der Waals surface area contributed by atoms with Gasteiger partial charge in [-0.1, -0.05) is 28.9 Å². The molecule has 2 saturated heterocycles. The van der Waals surface area contributed by atoms with Gasteiger partial charge in [0, 0.05) is 4.47 Å². The molecule has 110 valence electrons. The Morgan fingerprint density at radius 1 is 1.29 bits per heavy atom. The first-order chi connectivity index (χ1) is 10.1. The predicted molar refractivity (Wildman–Crippen MR) is 83.0 cm³/mol. The Labute approximate surface area is 132 Å². The normalized spacial score (nSPS) is 33.9. The lowest BCUT2D eigenvalue weighted by molar-refractivity contribution is -0.118. The van der Waals surface area contributed by atoms with Crippen molar-refractivity contribution in [1.82, 2.24) is 0 Å². The van der Waals surface area contributed by atoms with Gasteiger partial charge in [0.1, 0.15) is 5.76 Å². The SMILES string of the molecule is CCc1cc(Br)ccc1C1=C(O)[C@H]2C3CCC(O3)[C@H]2C1=O. The quantitative estimate of drug-likeness (QED) is 0.887. The van der Waals surface area contributed by atoms with Crippen LogP contribution in [0.15, 0.2) is 28.4 Å². The van der Waals surface area contributed by atoms with Crippen LogP contribution in [0.25, 0.3) is 5.57 Å². The number of hydrogen-bond acceptors (Lipinski definition) is 3. The van der Waals surface area contributed by atoms with Gasteiger partial charge in [-0.15, -0.1) is 0 Å². The molecule has 4 atom stereocenters. The van der Waals surface area contributed by atoms with E-state index in [-0.39, 0.29) is 35.6 Å². The van der Waals surface area contributed by atoms with E-state index in [1.54, 1.807) is 0 Å². The molecule has 0 saturated carbocycles. The topological polar surface area (TPSA) is 46.5 Å².